The van der Waals surface area contributed by atoms with Crippen molar-refractivity contribution in [3.05, 3.63) is 30.1 Å². The van der Waals surface area contributed by atoms with Gasteiger partial charge in [-0.05, 0) is 12.1 Å². The lowest BCUT2D eigenvalue weighted by Crippen LogP contribution is -2.30. The average molecular weight is 263 g/mol. The van der Waals surface area contributed by atoms with E-state index in [0.717, 1.165) is 16.9 Å². The fraction of sp³-hybridized carbons (Fsp3) is 0.500. The summed E-state index contributed by atoms with van der Waals surface area (Å²) in [6.45, 7) is 1.69. The molecule has 5 heteroatoms. The number of nitrogens with two attached hydrogens (primary N) is 1. The number of methoxy groups -OCH3 is 1. The van der Waals surface area contributed by atoms with Gasteiger partial charge in [0, 0.05) is 26.6 Å². The van der Waals surface area contributed by atoms with Crippen LogP contribution in [0.25, 0.3) is 11.0 Å². The maximum atomic E-state index is 6.06. The van der Waals surface area contributed by atoms with Gasteiger partial charge in [-0.3, -0.25) is 0 Å². The van der Waals surface area contributed by atoms with E-state index in [2.05, 4.69) is 15.6 Å². The lowest BCUT2D eigenvalue weighted by molar-refractivity contribution is 0.0634. The number of ether oxygens (including phenoxy) is 2. The maximum absolute atomic E-state index is 6.06. The van der Waals surface area contributed by atoms with Crippen molar-refractivity contribution in [2.75, 3.05) is 26.9 Å². The minimum absolute atomic E-state index is 0.0487. The molecular weight excluding hydrogens is 242 g/mol. The number of benzene rings is 1. The Morgan fingerprint density at radius 1 is 1.32 bits per heavy atom. The topological polar surface area (TPSA) is 62.3 Å². The normalized spacial score (nSPS) is 13.0. The molecule has 0 bridgehead atoms. The van der Waals surface area contributed by atoms with E-state index >= 15 is 0 Å². The predicted molar refractivity (Wildman–Crippen MR) is 75.1 cm³/mol. The Kier molecular flexibility index (Phi) is 4.90. The molecule has 1 atom stereocenters. The van der Waals surface area contributed by atoms with Gasteiger partial charge in [-0.1, -0.05) is 12.1 Å². The average Bonchev–Trinajstić information content (AvgIpc) is 2.72. The van der Waals surface area contributed by atoms with Crippen LogP contribution in [0.5, 0.6) is 0 Å². The fourth-order valence-corrected chi connectivity index (χ4v) is 2.05. The molecule has 0 aliphatic carbocycles. The highest BCUT2D eigenvalue weighted by Crippen LogP contribution is 2.14. The number of imidazole rings is 1. The predicted octanol–water partition coefficient (Wildman–Crippen LogP) is 1.11. The Hall–Kier alpha value is -1.43. The number of rotatable bonds is 7. The Morgan fingerprint density at radius 3 is 2.84 bits per heavy atom. The van der Waals surface area contributed by atoms with Gasteiger partial charge in [0.05, 0.1) is 30.9 Å². The molecule has 1 aromatic carbocycles. The quantitative estimate of drug-likeness (QED) is 0.760. The second kappa shape index (κ2) is 6.65. The van der Waals surface area contributed by atoms with Gasteiger partial charge in [-0.2, -0.15) is 0 Å². The van der Waals surface area contributed by atoms with Crippen molar-refractivity contribution in [2.45, 2.75) is 12.5 Å². The minimum Gasteiger partial charge on any atom is -0.382 e. The van der Waals surface area contributed by atoms with Crippen LogP contribution in [0.1, 0.15) is 5.82 Å². The van der Waals surface area contributed by atoms with Gasteiger partial charge in [0.25, 0.3) is 0 Å². The zero-order chi connectivity index (χ0) is 13.7. The first-order valence-electron chi connectivity index (χ1n) is 6.45. The summed E-state index contributed by atoms with van der Waals surface area (Å²) in [5.41, 5.74) is 8.20. The van der Waals surface area contributed by atoms with Gasteiger partial charge >= 0.3 is 0 Å². The summed E-state index contributed by atoms with van der Waals surface area (Å²) in [5.74, 6) is 0.990. The van der Waals surface area contributed by atoms with Crippen molar-refractivity contribution in [3.8, 4) is 0 Å². The number of hydrogen-bond donors (Lipinski definition) is 1. The van der Waals surface area contributed by atoms with Crippen LogP contribution in [-0.4, -0.2) is 42.5 Å². The highest BCUT2D eigenvalue weighted by atomic mass is 16.5. The highest BCUT2D eigenvalue weighted by molar-refractivity contribution is 5.75. The third-order valence-corrected chi connectivity index (χ3v) is 3.09. The van der Waals surface area contributed by atoms with E-state index < -0.39 is 0 Å². The molecule has 5 nitrogen and oxygen atoms in total. The van der Waals surface area contributed by atoms with Gasteiger partial charge in [0.15, 0.2) is 0 Å². The van der Waals surface area contributed by atoms with Crippen LogP contribution < -0.4 is 5.73 Å². The summed E-state index contributed by atoms with van der Waals surface area (Å²) < 4.78 is 12.4. The van der Waals surface area contributed by atoms with E-state index in [0.29, 0.717) is 26.2 Å². The summed E-state index contributed by atoms with van der Waals surface area (Å²) in [7, 11) is 3.67. The number of para-hydroxylation sites is 2. The summed E-state index contributed by atoms with van der Waals surface area (Å²) in [6.07, 6.45) is 0.707. The van der Waals surface area contributed by atoms with E-state index in [9.17, 15) is 0 Å². The summed E-state index contributed by atoms with van der Waals surface area (Å²) in [6, 6.07) is 8.03. The Bertz CT molecular complexity index is 524. The molecule has 0 fully saturated rings. The molecule has 2 aromatic rings. The maximum Gasteiger partial charge on any atom is 0.111 e. The van der Waals surface area contributed by atoms with E-state index in [1.54, 1.807) is 7.11 Å². The first-order chi connectivity index (χ1) is 9.22. The van der Waals surface area contributed by atoms with Crippen molar-refractivity contribution < 1.29 is 9.47 Å². The Morgan fingerprint density at radius 2 is 2.11 bits per heavy atom. The third kappa shape index (κ3) is 3.53. The monoisotopic (exact) mass is 263 g/mol. The van der Waals surface area contributed by atoms with Crippen LogP contribution >= 0.6 is 0 Å². The van der Waals surface area contributed by atoms with Crippen molar-refractivity contribution in [1.82, 2.24) is 9.55 Å². The van der Waals surface area contributed by atoms with Crippen LogP contribution in [0.3, 0.4) is 0 Å². The lowest BCUT2D eigenvalue weighted by atomic mass is 10.2. The molecule has 19 heavy (non-hydrogen) atoms. The number of nitrogens with zero attached hydrogens (tertiary/aromatic N) is 2. The molecule has 0 saturated heterocycles. The second-order valence-electron chi connectivity index (χ2n) is 4.61. The minimum atomic E-state index is -0.0487. The molecule has 2 N–H and O–H groups in total. The van der Waals surface area contributed by atoms with E-state index in [1.807, 2.05) is 25.2 Å². The molecule has 0 aliphatic rings. The smallest absolute Gasteiger partial charge is 0.111 e. The lowest BCUT2D eigenvalue weighted by Gasteiger charge is -2.11. The summed E-state index contributed by atoms with van der Waals surface area (Å²) >= 11 is 0. The van der Waals surface area contributed by atoms with Crippen LogP contribution in [0.4, 0.5) is 0 Å². The Labute approximate surface area is 113 Å². The molecule has 0 aliphatic heterocycles. The van der Waals surface area contributed by atoms with Crippen LogP contribution in [-0.2, 0) is 22.9 Å². The van der Waals surface area contributed by atoms with Gasteiger partial charge in [-0.15, -0.1) is 0 Å². The van der Waals surface area contributed by atoms with E-state index in [1.165, 1.54) is 0 Å². The van der Waals surface area contributed by atoms with Crippen molar-refractivity contribution >= 4 is 11.0 Å². The number of fused-ring (bicyclic) bond motifs is 1. The molecule has 1 heterocycles. The summed E-state index contributed by atoms with van der Waals surface area (Å²) in [5, 5.41) is 0. The first-order valence-corrected chi connectivity index (χ1v) is 6.45. The number of aromatic nitrogens is 2. The molecule has 0 amide bonds. The molecule has 0 spiro atoms. The highest BCUT2D eigenvalue weighted by Gasteiger charge is 2.11. The van der Waals surface area contributed by atoms with Crippen molar-refractivity contribution in [1.29, 1.82) is 0 Å². The Balaban J connectivity index is 1.95. The molecule has 2 rings (SSSR count). The largest absolute Gasteiger partial charge is 0.382 e. The van der Waals surface area contributed by atoms with Crippen LogP contribution in [0.15, 0.2) is 24.3 Å². The van der Waals surface area contributed by atoms with E-state index in [-0.39, 0.29) is 6.04 Å². The molecule has 0 radical (unpaired) electrons. The van der Waals surface area contributed by atoms with Crippen LogP contribution in [0, 0.1) is 0 Å². The first kappa shape index (κ1) is 14.0. The molecule has 1 unspecified atom stereocenters. The zero-order valence-electron chi connectivity index (χ0n) is 11.5. The van der Waals surface area contributed by atoms with Crippen molar-refractivity contribution in [2.24, 2.45) is 12.8 Å². The molecular formula is C14H21N3O2. The third-order valence-electron chi connectivity index (χ3n) is 3.09. The molecule has 0 saturated carbocycles. The van der Waals surface area contributed by atoms with Gasteiger partial charge in [0.2, 0.25) is 0 Å². The standard InChI is InChI=1S/C14H21N3O2/c1-17-13-6-4-3-5-12(13)16-14(17)9-11(15)10-19-8-7-18-2/h3-6,11H,7-10,15H2,1-2H3. The van der Waals surface area contributed by atoms with Gasteiger partial charge in [-0.25, -0.2) is 4.98 Å². The summed E-state index contributed by atoms with van der Waals surface area (Å²) in [4.78, 5) is 4.60. The second-order valence-corrected chi connectivity index (χ2v) is 4.61. The van der Waals surface area contributed by atoms with Gasteiger partial charge in [0.1, 0.15) is 5.82 Å². The number of hydrogen-bond acceptors (Lipinski definition) is 4. The zero-order valence-corrected chi connectivity index (χ0v) is 11.5. The van der Waals surface area contributed by atoms with E-state index in [4.69, 9.17) is 15.2 Å². The SMILES string of the molecule is COCCOCC(N)Cc1nc2ccccc2n1C. The number of aryl methyl sites for hydroxylation is 1. The van der Waals surface area contributed by atoms with Crippen LogP contribution in [0.2, 0.25) is 0 Å². The van der Waals surface area contributed by atoms with Gasteiger partial charge < -0.3 is 19.8 Å². The molecule has 1 aromatic heterocycles. The molecule has 104 valence electrons. The van der Waals surface area contributed by atoms with Crippen molar-refractivity contribution in [3.63, 3.8) is 0 Å². The fourth-order valence-electron chi connectivity index (χ4n) is 2.05.